The van der Waals surface area contributed by atoms with E-state index < -0.39 is 23.4 Å². The van der Waals surface area contributed by atoms with Crippen molar-refractivity contribution in [3.63, 3.8) is 0 Å². The van der Waals surface area contributed by atoms with Crippen LogP contribution in [-0.4, -0.2) is 40.8 Å². The summed E-state index contributed by atoms with van der Waals surface area (Å²) in [5.41, 5.74) is 1.08. The van der Waals surface area contributed by atoms with Crippen LogP contribution in [0.2, 0.25) is 0 Å². The number of carbonyl (C=O) groups is 2. The van der Waals surface area contributed by atoms with Gasteiger partial charge in [0.1, 0.15) is 23.1 Å². The number of ether oxygens (including phenoxy) is 2. The fourth-order valence-electron chi connectivity index (χ4n) is 3.99. The molecule has 0 saturated heterocycles. The molecule has 0 N–H and O–H groups in total. The average molecular weight is 450 g/mol. The number of methoxy groups -OCH3 is 2. The first-order chi connectivity index (χ1) is 15.8. The lowest BCUT2D eigenvalue weighted by atomic mass is 10.1. The van der Waals surface area contributed by atoms with Crippen molar-refractivity contribution in [3.8, 4) is 17.2 Å². The molecule has 33 heavy (non-hydrogen) atoms. The minimum atomic E-state index is -0.782. The monoisotopic (exact) mass is 450 g/mol. The van der Waals surface area contributed by atoms with E-state index in [2.05, 4.69) is 10.1 Å². The maximum Gasteiger partial charge on any atom is 0.267 e. The van der Waals surface area contributed by atoms with Crippen LogP contribution in [0, 0.1) is 18.6 Å². The fourth-order valence-corrected chi connectivity index (χ4v) is 3.99. The maximum atomic E-state index is 13.8. The number of fused-ring (bicyclic) bond motifs is 3. The van der Waals surface area contributed by atoms with Crippen LogP contribution in [0.1, 0.15) is 26.4 Å². The van der Waals surface area contributed by atoms with E-state index in [4.69, 9.17) is 9.47 Å². The SMILES string of the molecule is COc1ccc(OC)c(N2C(=O)c3cnc4c(c(C)nn4-c4cc(F)cc(F)c4)c3C2=O)c1. The third-order valence-electron chi connectivity index (χ3n) is 5.44. The normalized spacial score (nSPS) is 13.1. The number of imide groups is 1. The summed E-state index contributed by atoms with van der Waals surface area (Å²) in [6, 6.07) is 7.71. The van der Waals surface area contributed by atoms with Crippen molar-refractivity contribution < 1.29 is 27.8 Å². The highest BCUT2D eigenvalue weighted by atomic mass is 19.1. The summed E-state index contributed by atoms with van der Waals surface area (Å²) in [5.74, 6) is -2.01. The number of anilines is 1. The zero-order valence-corrected chi connectivity index (χ0v) is 17.7. The van der Waals surface area contributed by atoms with Gasteiger partial charge in [-0.1, -0.05) is 0 Å². The molecule has 166 valence electrons. The quantitative estimate of drug-likeness (QED) is 0.440. The summed E-state index contributed by atoms with van der Waals surface area (Å²) in [6.07, 6.45) is 1.26. The number of aromatic nitrogens is 3. The van der Waals surface area contributed by atoms with E-state index in [0.717, 1.165) is 23.1 Å². The van der Waals surface area contributed by atoms with Gasteiger partial charge in [-0.25, -0.2) is 23.3 Å². The summed E-state index contributed by atoms with van der Waals surface area (Å²) < 4.78 is 39.4. The Balaban J connectivity index is 1.71. The van der Waals surface area contributed by atoms with Crippen molar-refractivity contribution in [1.82, 2.24) is 14.8 Å². The van der Waals surface area contributed by atoms with E-state index in [1.165, 1.54) is 31.2 Å². The van der Waals surface area contributed by atoms with Crippen LogP contribution in [-0.2, 0) is 0 Å². The van der Waals surface area contributed by atoms with E-state index >= 15 is 0 Å². The molecular weight excluding hydrogens is 434 g/mol. The third kappa shape index (κ3) is 3.02. The molecule has 2 aromatic heterocycles. The first-order valence-electron chi connectivity index (χ1n) is 9.79. The van der Waals surface area contributed by atoms with Gasteiger partial charge in [-0.2, -0.15) is 5.10 Å². The molecule has 0 aliphatic carbocycles. The summed E-state index contributed by atoms with van der Waals surface area (Å²) in [4.78, 5) is 32.0. The standard InChI is InChI=1S/C23H16F2N4O4/c1-11-19-20-16(10-26-21(19)29(27-11)14-7-12(24)6-13(25)8-14)22(30)28(23(20)31)17-9-15(32-2)4-5-18(17)33-3/h4-10H,1-3H3. The Morgan fingerprint density at radius 1 is 0.939 bits per heavy atom. The second kappa shape index (κ2) is 7.37. The number of amides is 2. The molecule has 2 aromatic carbocycles. The molecule has 0 radical (unpaired) electrons. The molecule has 4 aromatic rings. The van der Waals surface area contributed by atoms with Crippen molar-refractivity contribution in [2.75, 3.05) is 19.1 Å². The molecule has 3 heterocycles. The van der Waals surface area contributed by atoms with Gasteiger partial charge in [0.05, 0.1) is 47.8 Å². The number of rotatable bonds is 4. The lowest BCUT2D eigenvalue weighted by Gasteiger charge is -2.18. The van der Waals surface area contributed by atoms with Gasteiger partial charge in [-0.05, 0) is 31.2 Å². The van der Waals surface area contributed by atoms with Crippen molar-refractivity contribution in [2.45, 2.75) is 6.92 Å². The van der Waals surface area contributed by atoms with Crippen LogP contribution in [0.25, 0.3) is 16.7 Å². The van der Waals surface area contributed by atoms with Crippen LogP contribution < -0.4 is 14.4 Å². The van der Waals surface area contributed by atoms with E-state index in [1.54, 1.807) is 19.1 Å². The Labute approximate surface area is 186 Å². The van der Waals surface area contributed by atoms with Crippen LogP contribution in [0.3, 0.4) is 0 Å². The topological polar surface area (TPSA) is 86.6 Å². The number of hydrogen-bond acceptors (Lipinski definition) is 6. The molecule has 0 saturated carbocycles. The first-order valence-corrected chi connectivity index (χ1v) is 9.79. The molecule has 1 aliphatic rings. The number of carbonyl (C=O) groups excluding carboxylic acids is 2. The van der Waals surface area contributed by atoms with Crippen LogP contribution in [0.15, 0.2) is 42.6 Å². The molecule has 0 spiro atoms. The molecule has 8 nitrogen and oxygen atoms in total. The summed E-state index contributed by atoms with van der Waals surface area (Å²) in [5, 5.41) is 4.65. The van der Waals surface area contributed by atoms with Gasteiger partial charge in [0.15, 0.2) is 5.65 Å². The van der Waals surface area contributed by atoms with Gasteiger partial charge < -0.3 is 9.47 Å². The minimum absolute atomic E-state index is 0.0884. The number of aryl methyl sites for hydroxylation is 1. The van der Waals surface area contributed by atoms with Crippen molar-refractivity contribution >= 4 is 28.5 Å². The Hall–Kier alpha value is -4.34. The van der Waals surface area contributed by atoms with Crippen molar-refractivity contribution in [1.29, 1.82) is 0 Å². The number of halogens is 2. The zero-order valence-electron chi connectivity index (χ0n) is 17.7. The summed E-state index contributed by atoms with van der Waals surface area (Å²) in [6.45, 7) is 1.63. The molecule has 5 rings (SSSR count). The molecule has 10 heteroatoms. The lowest BCUT2D eigenvalue weighted by molar-refractivity contribution is 0.0925. The van der Waals surface area contributed by atoms with Crippen molar-refractivity contribution in [2.24, 2.45) is 0 Å². The second-order valence-corrected chi connectivity index (χ2v) is 7.35. The smallest absolute Gasteiger partial charge is 0.267 e. The van der Waals surface area contributed by atoms with Gasteiger partial charge in [0.25, 0.3) is 11.8 Å². The largest absolute Gasteiger partial charge is 0.497 e. The number of nitrogens with zero attached hydrogens (tertiary/aromatic N) is 4. The van der Waals surface area contributed by atoms with Gasteiger partial charge >= 0.3 is 0 Å². The fraction of sp³-hybridized carbons (Fsp3) is 0.130. The van der Waals surface area contributed by atoms with E-state index in [1.807, 2.05) is 0 Å². The Bertz CT molecular complexity index is 1460. The highest BCUT2D eigenvalue weighted by Crippen LogP contribution is 2.39. The van der Waals surface area contributed by atoms with Gasteiger partial charge in [-0.15, -0.1) is 0 Å². The Kier molecular flexibility index (Phi) is 4.59. The first kappa shape index (κ1) is 20.6. The highest BCUT2D eigenvalue weighted by Gasteiger charge is 2.41. The molecule has 2 amide bonds. The molecule has 1 aliphatic heterocycles. The molecule has 0 fully saturated rings. The van der Waals surface area contributed by atoms with Gasteiger partial charge in [-0.3, -0.25) is 9.59 Å². The predicted molar refractivity (Wildman–Crippen MR) is 114 cm³/mol. The van der Waals surface area contributed by atoms with Crippen LogP contribution in [0.4, 0.5) is 14.5 Å². The summed E-state index contributed by atoms with van der Waals surface area (Å²) >= 11 is 0. The Morgan fingerprint density at radius 2 is 1.67 bits per heavy atom. The van der Waals surface area contributed by atoms with Crippen LogP contribution >= 0.6 is 0 Å². The van der Waals surface area contributed by atoms with Crippen LogP contribution in [0.5, 0.6) is 11.5 Å². The highest BCUT2D eigenvalue weighted by molar-refractivity contribution is 6.37. The van der Waals surface area contributed by atoms with Crippen molar-refractivity contribution in [3.05, 3.63) is 71.1 Å². The number of benzene rings is 2. The molecule has 0 unspecified atom stereocenters. The average Bonchev–Trinajstić information content (AvgIpc) is 3.26. The van der Waals surface area contributed by atoms with E-state index in [9.17, 15) is 18.4 Å². The second-order valence-electron chi connectivity index (χ2n) is 7.35. The number of hydrogen-bond donors (Lipinski definition) is 0. The molecule has 0 atom stereocenters. The Morgan fingerprint density at radius 3 is 2.33 bits per heavy atom. The zero-order chi connectivity index (χ0) is 23.4. The number of pyridine rings is 1. The predicted octanol–water partition coefficient (Wildman–Crippen LogP) is 3.82. The lowest BCUT2D eigenvalue weighted by Crippen LogP contribution is -2.29. The van der Waals surface area contributed by atoms with Gasteiger partial charge in [0, 0.05) is 18.3 Å². The summed E-state index contributed by atoms with van der Waals surface area (Å²) in [7, 11) is 2.89. The maximum absolute atomic E-state index is 13.8. The molecular formula is C23H16F2N4O4. The third-order valence-corrected chi connectivity index (χ3v) is 5.44. The van der Waals surface area contributed by atoms with E-state index in [0.29, 0.717) is 22.6 Å². The van der Waals surface area contributed by atoms with E-state index in [-0.39, 0.29) is 28.1 Å². The minimum Gasteiger partial charge on any atom is -0.497 e. The molecule has 0 bridgehead atoms. The van der Waals surface area contributed by atoms with Gasteiger partial charge in [0.2, 0.25) is 0 Å².